The van der Waals surface area contributed by atoms with Crippen LogP contribution in [-0.4, -0.2) is 51.4 Å². The summed E-state index contributed by atoms with van der Waals surface area (Å²) in [5, 5.41) is 3.43. The lowest BCUT2D eigenvalue weighted by Gasteiger charge is -2.33. The van der Waals surface area contributed by atoms with Crippen LogP contribution in [0.25, 0.3) is 0 Å². The minimum Gasteiger partial charge on any atom is -0.495 e. The molecule has 8 nitrogen and oxygen atoms in total. The van der Waals surface area contributed by atoms with Gasteiger partial charge in [-0.15, -0.1) is 0 Å². The number of carbonyl (C=O) groups is 2. The quantitative estimate of drug-likeness (QED) is 0.278. The maximum absolute atomic E-state index is 14.1. The molecular formula is C30H35Cl2N3O5S. The molecule has 0 bridgehead atoms. The van der Waals surface area contributed by atoms with Gasteiger partial charge < -0.3 is 15.0 Å². The Balaban J connectivity index is 2.14. The fourth-order valence-electron chi connectivity index (χ4n) is 4.39. The van der Waals surface area contributed by atoms with E-state index >= 15 is 0 Å². The standard InChI is InChI=1S/C30H35Cl2N3O5S/c1-6-26(30(37)33-7-2)34(18-22-11-14-24(31)25(32)17-22)29(36)19-35(27-16-21(4)10-15-28(27)40-5)41(38,39)23-12-8-20(3)9-13-23/h8-17,26H,6-7,18-19H2,1-5H3,(H,33,37)/t26-/m1/s1. The van der Waals surface area contributed by atoms with Crippen molar-refractivity contribution >= 4 is 50.7 Å². The third-order valence-electron chi connectivity index (χ3n) is 6.56. The van der Waals surface area contributed by atoms with Crippen LogP contribution in [0.4, 0.5) is 5.69 Å². The average molecular weight is 621 g/mol. The largest absolute Gasteiger partial charge is 0.495 e. The van der Waals surface area contributed by atoms with Crippen molar-refractivity contribution < 1.29 is 22.7 Å². The second-order valence-electron chi connectivity index (χ2n) is 9.59. The molecule has 0 saturated heterocycles. The van der Waals surface area contributed by atoms with E-state index in [1.807, 2.05) is 13.8 Å². The third kappa shape index (κ3) is 7.72. The Morgan fingerprint density at radius 2 is 1.59 bits per heavy atom. The third-order valence-corrected chi connectivity index (χ3v) is 9.08. The van der Waals surface area contributed by atoms with Crippen molar-refractivity contribution in [2.24, 2.45) is 0 Å². The first-order valence-corrected chi connectivity index (χ1v) is 15.4. The van der Waals surface area contributed by atoms with Crippen molar-refractivity contribution in [1.82, 2.24) is 10.2 Å². The van der Waals surface area contributed by atoms with Crippen LogP contribution >= 0.6 is 23.2 Å². The Morgan fingerprint density at radius 3 is 2.17 bits per heavy atom. The number of hydrogen-bond donors (Lipinski definition) is 1. The summed E-state index contributed by atoms with van der Waals surface area (Å²) in [6.45, 7) is 7.06. The highest BCUT2D eigenvalue weighted by Crippen LogP contribution is 2.34. The van der Waals surface area contributed by atoms with Gasteiger partial charge in [0.25, 0.3) is 10.0 Å². The Morgan fingerprint density at radius 1 is 0.927 bits per heavy atom. The lowest BCUT2D eigenvalue weighted by Crippen LogP contribution is -2.52. The monoisotopic (exact) mass is 619 g/mol. The Hall–Kier alpha value is -3.27. The first kappa shape index (κ1) is 32.2. The maximum Gasteiger partial charge on any atom is 0.264 e. The predicted octanol–water partition coefficient (Wildman–Crippen LogP) is 5.76. The van der Waals surface area contributed by atoms with Gasteiger partial charge in [-0.2, -0.15) is 0 Å². The van der Waals surface area contributed by atoms with Gasteiger partial charge in [0.15, 0.2) is 0 Å². The molecule has 0 fully saturated rings. The Labute approximate surface area is 252 Å². The number of rotatable bonds is 12. The Bertz CT molecular complexity index is 1500. The Kier molecular flexibility index (Phi) is 11.1. The van der Waals surface area contributed by atoms with E-state index in [1.54, 1.807) is 62.4 Å². The number of hydrogen-bond acceptors (Lipinski definition) is 5. The molecule has 220 valence electrons. The number of methoxy groups -OCH3 is 1. The number of anilines is 1. The van der Waals surface area contributed by atoms with Gasteiger partial charge in [0.1, 0.15) is 18.3 Å². The number of aryl methyl sites for hydroxylation is 2. The molecule has 0 aliphatic carbocycles. The van der Waals surface area contributed by atoms with Gasteiger partial charge in [0.2, 0.25) is 11.8 Å². The minimum absolute atomic E-state index is 0.00867. The normalized spacial score (nSPS) is 12.0. The smallest absolute Gasteiger partial charge is 0.264 e. The number of amides is 2. The number of nitrogens with zero attached hydrogens (tertiary/aromatic N) is 2. The van der Waals surface area contributed by atoms with E-state index in [-0.39, 0.29) is 28.8 Å². The highest BCUT2D eigenvalue weighted by molar-refractivity contribution is 7.92. The minimum atomic E-state index is -4.23. The highest BCUT2D eigenvalue weighted by atomic mass is 35.5. The van der Waals surface area contributed by atoms with Gasteiger partial charge in [-0.1, -0.05) is 60.0 Å². The predicted molar refractivity (Wildman–Crippen MR) is 163 cm³/mol. The van der Waals surface area contributed by atoms with Crippen LogP contribution in [-0.2, 0) is 26.2 Å². The average Bonchev–Trinajstić information content (AvgIpc) is 2.93. The summed E-state index contributed by atoms with van der Waals surface area (Å²) >= 11 is 12.3. The van der Waals surface area contributed by atoms with Crippen molar-refractivity contribution in [3.8, 4) is 5.75 Å². The van der Waals surface area contributed by atoms with Crippen LogP contribution in [0.1, 0.15) is 37.0 Å². The zero-order valence-electron chi connectivity index (χ0n) is 23.8. The van der Waals surface area contributed by atoms with Gasteiger partial charge in [-0.3, -0.25) is 13.9 Å². The molecule has 0 radical (unpaired) electrons. The van der Waals surface area contributed by atoms with E-state index in [2.05, 4.69) is 5.32 Å². The number of halogens is 2. The molecule has 1 atom stereocenters. The molecule has 3 aromatic carbocycles. The molecule has 0 aromatic heterocycles. The number of likely N-dealkylation sites (N-methyl/N-ethyl adjacent to an activating group) is 1. The number of sulfonamides is 1. The molecule has 1 N–H and O–H groups in total. The molecular weight excluding hydrogens is 585 g/mol. The lowest BCUT2D eigenvalue weighted by atomic mass is 10.1. The van der Waals surface area contributed by atoms with Crippen molar-refractivity contribution in [2.75, 3.05) is 24.5 Å². The van der Waals surface area contributed by atoms with E-state index in [0.717, 1.165) is 15.4 Å². The first-order chi connectivity index (χ1) is 19.4. The van der Waals surface area contributed by atoms with Crippen LogP contribution in [0.3, 0.4) is 0 Å². The molecule has 11 heteroatoms. The first-order valence-electron chi connectivity index (χ1n) is 13.2. The summed E-state index contributed by atoms with van der Waals surface area (Å²) < 4.78 is 34.7. The van der Waals surface area contributed by atoms with E-state index in [9.17, 15) is 18.0 Å². The van der Waals surface area contributed by atoms with E-state index in [0.29, 0.717) is 28.6 Å². The molecule has 0 unspecified atom stereocenters. The second-order valence-corrected chi connectivity index (χ2v) is 12.3. The summed E-state index contributed by atoms with van der Waals surface area (Å²) in [5.41, 5.74) is 2.51. The van der Waals surface area contributed by atoms with E-state index in [1.165, 1.54) is 24.1 Å². The van der Waals surface area contributed by atoms with Crippen LogP contribution in [0.2, 0.25) is 10.0 Å². The maximum atomic E-state index is 14.1. The molecule has 0 heterocycles. The summed E-state index contributed by atoms with van der Waals surface area (Å²) in [6.07, 6.45) is 0.303. The molecule has 3 rings (SSSR count). The van der Waals surface area contributed by atoms with E-state index in [4.69, 9.17) is 27.9 Å². The SMILES string of the molecule is CCNC(=O)[C@@H](CC)N(Cc1ccc(Cl)c(Cl)c1)C(=O)CN(c1cc(C)ccc1OC)S(=O)(=O)c1ccc(C)cc1. The van der Waals surface area contributed by atoms with Crippen molar-refractivity contribution in [1.29, 1.82) is 0 Å². The summed E-state index contributed by atoms with van der Waals surface area (Å²) in [4.78, 5) is 28.6. The van der Waals surface area contributed by atoms with Crippen LogP contribution in [0, 0.1) is 13.8 Å². The lowest BCUT2D eigenvalue weighted by molar-refractivity contribution is -0.140. The van der Waals surface area contributed by atoms with Crippen molar-refractivity contribution in [3.63, 3.8) is 0 Å². The topological polar surface area (TPSA) is 96.0 Å². The molecule has 0 aliphatic rings. The molecule has 3 aromatic rings. The second kappa shape index (κ2) is 14.1. The number of carbonyl (C=O) groups excluding carboxylic acids is 2. The van der Waals surface area contributed by atoms with Crippen LogP contribution in [0.15, 0.2) is 65.6 Å². The van der Waals surface area contributed by atoms with Gasteiger partial charge in [0.05, 0.1) is 27.7 Å². The zero-order valence-corrected chi connectivity index (χ0v) is 26.1. The van der Waals surface area contributed by atoms with Crippen molar-refractivity contribution in [3.05, 3.63) is 87.4 Å². The summed E-state index contributed by atoms with van der Waals surface area (Å²) in [6, 6.07) is 15.6. The molecule has 0 aliphatic heterocycles. The molecule has 0 spiro atoms. The fourth-order valence-corrected chi connectivity index (χ4v) is 6.13. The van der Waals surface area contributed by atoms with Gasteiger partial charge in [-0.05, 0) is 74.7 Å². The number of benzene rings is 3. The molecule has 0 saturated carbocycles. The number of ether oxygens (including phenoxy) is 1. The van der Waals surface area contributed by atoms with E-state index < -0.39 is 28.5 Å². The van der Waals surface area contributed by atoms with Crippen molar-refractivity contribution in [2.45, 2.75) is 51.6 Å². The van der Waals surface area contributed by atoms with Crippen LogP contribution in [0.5, 0.6) is 5.75 Å². The number of nitrogens with one attached hydrogen (secondary N) is 1. The highest BCUT2D eigenvalue weighted by Gasteiger charge is 2.34. The van der Waals surface area contributed by atoms with Crippen LogP contribution < -0.4 is 14.4 Å². The van der Waals surface area contributed by atoms with Gasteiger partial charge >= 0.3 is 0 Å². The summed E-state index contributed by atoms with van der Waals surface area (Å²) in [5.74, 6) is -0.635. The molecule has 41 heavy (non-hydrogen) atoms. The fraction of sp³-hybridized carbons (Fsp3) is 0.333. The summed E-state index contributed by atoms with van der Waals surface area (Å²) in [7, 11) is -2.79. The zero-order chi connectivity index (χ0) is 30.3. The molecule has 2 amide bonds. The van der Waals surface area contributed by atoms with Gasteiger partial charge in [-0.25, -0.2) is 8.42 Å². The van der Waals surface area contributed by atoms with Gasteiger partial charge in [0, 0.05) is 13.1 Å².